The lowest BCUT2D eigenvalue weighted by atomic mass is 9.95. The van der Waals surface area contributed by atoms with Crippen molar-refractivity contribution in [2.45, 2.75) is 25.0 Å². The molecule has 0 bridgehead atoms. The van der Waals surface area contributed by atoms with Gasteiger partial charge in [-0.15, -0.1) is 0 Å². The van der Waals surface area contributed by atoms with E-state index in [0.29, 0.717) is 26.1 Å². The molecule has 2 N–H and O–H groups in total. The Morgan fingerprint density at radius 2 is 2.21 bits per heavy atom. The first-order chi connectivity index (χ1) is 9.24. The van der Waals surface area contributed by atoms with E-state index in [4.69, 9.17) is 14.6 Å². The van der Waals surface area contributed by atoms with E-state index in [9.17, 15) is 4.79 Å². The number of benzene rings is 1. The number of aliphatic hydroxyl groups is 1. The monoisotopic (exact) mass is 265 g/mol. The first-order valence-corrected chi connectivity index (χ1v) is 6.42. The molecule has 1 amide bonds. The highest BCUT2D eigenvalue weighted by Crippen LogP contribution is 2.22. The highest BCUT2D eigenvalue weighted by Gasteiger charge is 2.36. The molecule has 0 spiro atoms. The summed E-state index contributed by atoms with van der Waals surface area (Å²) in [4.78, 5) is 11.8. The maximum Gasteiger partial charge on any atom is 0.407 e. The Morgan fingerprint density at radius 3 is 2.84 bits per heavy atom. The average molecular weight is 265 g/mol. The summed E-state index contributed by atoms with van der Waals surface area (Å²) < 4.78 is 10.5. The van der Waals surface area contributed by atoms with Gasteiger partial charge in [-0.25, -0.2) is 4.79 Å². The largest absolute Gasteiger partial charge is 0.445 e. The molecule has 1 fully saturated rings. The SMILES string of the molecule is O=C(NC1(CCO)CCOC1)OCc1ccccc1. The zero-order chi connectivity index (χ0) is 13.6. The Balaban J connectivity index is 1.83. The molecule has 104 valence electrons. The summed E-state index contributed by atoms with van der Waals surface area (Å²) in [6, 6.07) is 9.50. The molecular formula is C14H19NO4. The van der Waals surface area contributed by atoms with Crippen LogP contribution in [0.5, 0.6) is 0 Å². The van der Waals surface area contributed by atoms with Crippen molar-refractivity contribution in [1.29, 1.82) is 0 Å². The van der Waals surface area contributed by atoms with Gasteiger partial charge in [-0.3, -0.25) is 0 Å². The van der Waals surface area contributed by atoms with E-state index < -0.39 is 11.6 Å². The smallest absolute Gasteiger partial charge is 0.407 e. The van der Waals surface area contributed by atoms with Gasteiger partial charge in [-0.05, 0) is 18.4 Å². The summed E-state index contributed by atoms with van der Waals surface area (Å²) in [5, 5.41) is 11.9. The standard InChI is InChI=1S/C14H19NO4/c16-8-6-14(7-9-18-11-14)15-13(17)19-10-12-4-2-1-3-5-12/h1-5,16H,6-11H2,(H,15,17). The molecule has 0 radical (unpaired) electrons. The van der Waals surface area contributed by atoms with Gasteiger partial charge in [0.1, 0.15) is 6.61 Å². The summed E-state index contributed by atoms with van der Waals surface area (Å²) in [6.45, 7) is 1.28. The van der Waals surface area contributed by atoms with Crippen LogP contribution < -0.4 is 5.32 Å². The molecule has 1 heterocycles. The van der Waals surface area contributed by atoms with Crippen LogP contribution in [0.15, 0.2) is 30.3 Å². The fourth-order valence-corrected chi connectivity index (χ4v) is 2.16. The molecule has 1 aromatic rings. The van der Waals surface area contributed by atoms with Gasteiger partial charge < -0.3 is 19.9 Å². The minimum absolute atomic E-state index is 0.0162. The predicted octanol–water partition coefficient (Wildman–Crippen LogP) is 1.45. The lowest BCUT2D eigenvalue weighted by Gasteiger charge is -2.27. The van der Waals surface area contributed by atoms with Crippen LogP contribution in [0.3, 0.4) is 0 Å². The van der Waals surface area contributed by atoms with Crippen LogP contribution in [0.4, 0.5) is 4.79 Å². The van der Waals surface area contributed by atoms with Crippen molar-refractivity contribution < 1.29 is 19.4 Å². The number of carbonyl (C=O) groups excluding carboxylic acids is 1. The quantitative estimate of drug-likeness (QED) is 0.845. The fraction of sp³-hybridized carbons (Fsp3) is 0.500. The molecule has 0 saturated carbocycles. The maximum absolute atomic E-state index is 11.8. The van der Waals surface area contributed by atoms with Gasteiger partial charge in [-0.1, -0.05) is 30.3 Å². The number of rotatable bonds is 5. The fourth-order valence-electron chi connectivity index (χ4n) is 2.16. The second-order valence-corrected chi connectivity index (χ2v) is 4.74. The topological polar surface area (TPSA) is 67.8 Å². The molecule has 1 aliphatic heterocycles. The number of ether oxygens (including phenoxy) is 2. The van der Waals surface area contributed by atoms with Crippen LogP contribution in [0.1, 0.15) is 18.4 Å². The van der Waals surface area contributed by atoms with Crippen LogP contribution in [-0.4, -0.2) is 36.6 Å². The third-order valence-corrected chi connectivity index (χ3v) is 3.27. The van der Waals surface area contributed by atoms with Crippen LogP contribution in [0.25, 0.3) is 0 Å². The number of nitrogens with one attached hydrogen (secondary N) is 1. The normalized spacial score (nSPS) is 22.2. The zero-order valence-electron chi connectivity index (χ0n) is 10.8. The van der Waals surface area contributed by atoms with Crippen LogP contribution in [0.2, 0.25) is 0 Å². The number of amides is 1. The maximum atomic E-state index is 11.8. The van der Waals surface area contributed by atoms with Gasteiger partial charge in [0.15, 0.2) is 0 Å². The molecule has 0 aliphatic carbocycles. The van der Waals surface area contributed by atoms with Crippen molar-refractivity contribution in [3.63, 3.8) is 0 Å². The van der Waals surface area contributed by atoms with Crippen LogP contribution >= 0.6 is 0 Å². The highest BCUT2D eigenvalue weighted by atomic mass is 16.5. The molecule has 5 heteroatoms. The number of hydrogen-bond acceptors (Lipinski definition) is 4. The highest BCUT2D eigenvalue weighted by molar-refractivity contribution is 5.68. The number of aliphatic hydroxyl groups excluding tert-OH is 1. The van der Waals surface area contributed by atoms with Crippen molar-refractivity contribution >= 4 is 6.09 Å². The van der Waals surface area contributed by atoms with Gasteiger partial charge in [0.25, 0.3) is 0 Å². The Bertz CT molecular complexity index is 401. The molecule has 1 aliphatic rings. The average Bonchev–Trinajstić information content (AvgIpc) is 2.86. The van der Waals surface area contributed by atoms with E-state index in [1.165, 1.54) is 0 Å². The minimum atomic E-state index is -0.484. The third kappa shape index (κ3) is 3.94. The van der Waals surface area contributed by atoms with Gasteiger partial charge in [0, 0.05) is 13.2 Å². The molecular weight excluding hydrogens is 246 g/mol. The summed E-state index contributed by atoms with van der Waals surface area (Å²) in [5.74, 6) is 0. The second kappa shape index (κ2) is 6.54. The first kappa shape index (κ1) is 13.8. The molecule has 1 saturated heterocycles. The first-order valence-electron chi connectivity index (χ1n) is 6.42. The predicted molar refractivity (Wildman–Crippen MR) is 69.6 cm³/mol. The van der Waals surface area contributed by atoms with E-state index in [1.54, 1.807) is 0 Å². The summed E-state index contributed by atoms with van der Waals surface area (Å²) in [5.41, 5.74) is 0.458. The van der Waals surface area contributed by atoms with E-state index >= 15 is 0 Å². The lowest BCUT2D eigenvalue weighted by Crippen LogP contribution is -2.49. The van der Waals surface area contributed by atoms with Gasteiger partial charge in [0.05, 0.1) is 12.1 Å². The molecule has 1 unspecified atom stereocenters. The van der Waals surface area contributed by atoms with Gasteiger partial charge in [0.2, 0.25) is 0 Å². The zero-order valence-corrected chi connectivity index (χ0v) is 10.8. The van der Waals surface area contributed by atoms with Crippen molar-refractivity contribution in [3.05, 3.63) is 35.9 Å². The summed E-state index contributed by atoms with van der Waals surface area (Å²) in [6.07, 6.45) is 0.712. The van der Waals surface area contributed by atoms with Gasteiger partial charge in [-0.2, -0.15) is 0 Å². The van der Waals surface area contributed by atoms with E-state index in [-0.39, 0.29) is 13.2 Å². The van der Waals surface area contributed by atoms with E-state index in [1.807, 2.05) is 30.3 Å². The Kier molecular flexibility index (Phi) is 4.76. The Morgan fingerprint density at radius 1 is 1.42 bits per heavy atom. The lowest BCUT2D eigenvalue weighted by molar-refractivity contribution is 0.109. The molecule has 1 aromatic carbocycles. The van der Waals surface area contributed by atoms with Crippen molar-refractivity contribution in [1.82, 2.24) is 5.32 Å². The number of carbonyl (C=O) groups is 1. The van der Waals surface area contributed by atoms with E-state index in [0.717, 1.165) is 5.56 Å². The van der Waals surface area contributed by atoms with Crippen LogP contribution in [-0.2, 0) is 16.1 Å². The minimum Gasteiger partial charge on any atom is -0.445 e. The Hall–Kier alpha value is -1.59. The van der Waals surface area contributed by atoms with Crippen molar-refractivity contribution in [3.8, 4) is 0 Å². The molecule has 5 nitrogen and oxygen atoms in total. The molecule has 19 heavy (non-hydrogen) atoms. The Labute approximate surface area is 112 Å². The van der Waals surface area contributed by atoms with Crippen molar-refractivity contribution in [2.75, 3.05) is 19.8 Å². The summed E-state index contributed by atoms with van der Waals surface area (Å²) in [7, 11) is 0. The van der Waals surface area contributed by atoms with Crippen molar-refractivity contribution in [2.24, 2.45) is 0 Å². The number of alkyl carbamates (subject to hydrolysis) is 1. The third-order valence-electron chi connectivity index (χ3n) is 3.27. The molecule has 0 aromatic heterocycles. The van der Waals surface area contributed by atoms with E-state index in [2.05, 4.69) is 5.32 Å². The molecule has 1 atom stereocenters. The number of hydrogen-bond donors (Lipinski definition) is 2. The molecule has 2 rings (SSSR count). The summed E-state index contributed by atoms with van der Waals surface area (Å²) >= 11 is 0. The van der Waals surface area contributed by atoms with Crippen LogP contribution in [0, 0.1) is 0 Å². The van der Waals surface area contributed by atoms with Gasteiger partial charge >= 0.3 is 6.09 Å². The second-order valence-electron chi connectivity index (χ2n) is 4.74.